The Labute approximate surface area is 106 Å². The number of nitrogens with zero attached hydrogens (tertiary/aromatic N) is 2. The van der Waals surface area contributed by atoms with Crippen LogP contribution in [0, 0.1) is 17.2 Å². The monoisotopic (exact) mass is 244 g/mol. The second-order valence-electron chi connectivity index (χ2n) is 5.38. The van der Waals surface area contributed by atoms with E-state index in [4.69, 9.17) is 9.68 Å². The van der Waals surface area contributed by atoms with Gasteiger partial charge < -0.3 is 4.42 Å². The first-order valence-electron chi connectivity index (χ1n) is 6.63. The maximum Gasteiger partial charge on any atom is 0.197 e. The Morgan fingerprint density at radius 3 is 2.89 bits per heavy atom. The molecule has 3 rings (SSSR count). The smallest absolute Gasteiger partial charge is 0.197 e. The van der Waals surface area contributed by atoms with Crippen molar-refractivity contribution in [2.75, 3.05) is 0 Å². The van der Waals surface area contributed by atoms with Crippen LogP contribution in [0.1, 0.15) is 62.0 Å². The Kier molecular flexibility index (Phi) is 2.91. The number of oxazole rings is 1. The van der Waals surface area contributed by atoms with Gasteiger partial charge in [-0.2, -0.15) is 5.26 Å². The Balaban J connectivity index is 1.64. The maximum atomic E-state index is 11.7. The molecule has 0 aliphatic heterocycles. The highest BCUT2D eigenvalue weighted by atomic mass is 16.4. The molecule has 1 aromatic rings. The van der Waals surface area contributed by atoms with Crippen LogP contribution < -0.4 is 0 Å². The van der Waals surface area contributed by atoms with Gasteiger partial charge in [0, 0.05) is 17.8 Å². The fourth-order valence-electron chi connectivity index (χ4n) is 2.77. The molecule has 2 aliphatic rings. The quantitative estimate of drug-likeness (QED) is 0.816. The lowest BCUT2D eigenvalue weighted by atomic mass is 9.99. The third kappa shape index (κ3) is 2.17. The van der Waals surface area contributed by atoms with E-state index in [1.54, 1.807) is 0 Å². The summed E-state index contributed by atoms with van der Waals surface area (Å²) in [6.45, 7) is 0. The van der Waals surface area contributed by atoms with Crippen LogP contribution in [0.15, 0.2) is 10.6 Å². The summed E-state index contributed by atoms with van der Waals surface area (Å²) in [5.41, 5.74) is 0. The molecular weight excluding hydrogens is 228 g/mol. The van der Waals surface area contributed by atoms with Crippen LogP contribution in [0.2, 0.25) is 0 Å². The van der Waals surface area contributed by atoms with E-state index in [0.29, 0.717) is 5.92 Å². The molecule has 1 aromatic heterocycles. The molecule has 0 spiro atoms. The van der Waals surface area contributed by atoms with E-state index >= 15 is 0 Å². The molecule has 2 atom stereocenters. The molecule has 4 heteroatoms. The van der Waals surface area contributed by atoms with Gasteiger partial charge in [-0.25, -0.2) is 4.98 Å². The predicted octanol–water partition coefficient (Wildman–Crippen LogP) is 2.92. The van der Waals surface area contributed by atoms with Crippen molar-refractivity contribution in [3.05, 3.63) is 17.8 Å². The summed E-state index contributed by atoms with van der Waals surface area (Å²) < 4.78 is 5.79. The summed E-state index contributed by atoms with van der Waals surface area (Å²) in [6.07, 6.45) is 6.92. The minimum absolute atomic E-state index is 0.0333. The number of hydrogen-bond donors (Lipinski definition) is 0. The standard InChI is InChI=1S/C14H16N2O2/c15-6-5-12(17)10-3-4-11(7-10)14-16-8-13(18-14)9-1-2-9/h8-11H,1-5,7H2. The Morgan fingerprint density at radius 1 is 1.39 bits per heavy atom. The van der Waals surface area contributed by atoms with Gasteiger partial charge in [0.25, 0.3) is 0 Å². The minimum Gasteiger partial charge on any atom is -0.445 e. The lowest BCUT2D eigenvalue weighted by molar-refractivity contribution is -0.121. The first-order valence-corrected chi connectivity index (χ1v) is 6.63. The fraction of sp³-hybridized carbons (Fsp3) is 0.643. The molecule has 2 aliphatic carbocycles. The van der Waals surface area contributed by atoms with Gasteiger partial charge in [0.15, 0.2) is 5.89 Å². The van der Waals surface area contributed by atoms with Gasteiger partial charge in [0.05, 0.1) is 18.7 Å². The van der Waals surface area contributed by atoms with Crippen molar-refractivity contribution in [3.63, 3.8) is 0 Å². The van der Waals surface area contributed by atoms with Gasteiger partial charge in [-0.3, -0.25) is 4.79 Å². The SMILES string of the molecule is N#CCC(=O)C1CCC(c2ncc(C3CC3)o2)C1. The number of carbonyl (C=O) groups excluding carboxylic acids is 1. The lowest BCUT2D eigenvalue weighted by Crippen LogP contribution is -2.10. The fourth-order valence-corrected chi connectivity index (χ4v) is 2.77. The zero-order valence-electron chi connectivity index (χ0n) is 10.3. The average molecular weight is 244 g/mol. The van der Waals surface area contributed by atoms with Crippen molar-refractivity contribution in [1.29, 1.82) is 5.26 Å². The maximum absolute atomic E-state index is 11.7. The largest absolute Gasteiger partial charge is 0.445 e. The van der Waals surface area contributed by atoms with Crippen molar-refractivity contribution in [2.24, 2.45) is 5.92 Å². The molecule has 0 N–H and O–H groups in total. The zero-order valence-corrected chi connectivity index (χ0v) is 10.3. The summed E-state index contributed by atoms with van der Waals surface area (Å²) in [6, 6.07) is 1.94. The van der Waals surface area contributed by atoms with Crippen LogP contribution in [0.5, 0.6) is 0 Å². The summed E-state index contributed by atoms with van der Waals surface area (Å²) in [5, 5.41) is 8.55. The van der Waals surface area contributed by atoms with E-state index in [9.17, 15) is 4.79 Å². The number of rotatable bonds is 4. The first kappa shape index (κ1) is 11.5. The number of Topliss-reactive ketones (excluding diaryl/α,β-unsaturated/α-hetero) is 1. The Morgan fingerprint density at radius 2 is 2.17 bits per heavy atom. The van der Waals surface area contributed by atoms with Crippen LogP contribution in [0.4, 0.5) is 0 Å². The Hall–Kier alpha value is -1.63. The number of nitriles is 1. The van der Waals surface area contributed by atoms with E-state index in [-0.39, 0.29) is 24.0 Å². The summed E-state index contributed by atoms with van der Waals surface area (Å²) in [7, 11) is 0. The summed E-state index contributed by atoms with van der Waals surface area (Å²) >= 11 is 0. The second-order valence-corrected chi connectivity index (χ2v) is 5.38. The third-order valence-corrected chi connectivity index (χ3v) is 4.01. The van der Waals surface area contributed by atoms with Crippen LogP contribution in [0.25, 0.3) is 0 Å². The normalized spacial score (nSPS) is 27.1. The van der Waals surface area contributed by atoms with Crippen LogP contribution >= 0.6 is 0 Å². The second kappa shape index (κ2) is 4.56. The average Bonchev–Trinajstić information content (AvgIpc) is 2.93. The molecule has 2 fully saturated rings. The zero-order chi connectivity index (χ0) is 12.5. The molecule has 18 heavy (non-hydrogen) atoms. The molecule has 0 aromatic carbocycles. The van der Waals surface area contributed by atoms with Gasteiger partial charge in [-0.05, 0) is 32.1 Å². The van der Waals surface area contributed by atoms with Gasteiger partial charge in [-0.1, -0.05) is 0 Å². The molecule has 2 unspecified atom stereocenters. The first-order chi connectivity index (χ1) is 8.78. The highest BCUT2D eigenvalue weighted by molar-refractivity contribution is 5.83. The summed E-state index contributed by atoms with van der Waals surface area (Å²) in [5.74, 6) is 2.77. The van der Waals surface area contributed by atoms with E-state index in [2.05, 4.69) is 4.98 Å². The van der Waals surface area contributed by atoms with Crippen molar-refractivity contribution in [3.8, 4) is 6.07 Å². The van der Waals surface area contributed by atoms with Gasteiger partial charge in [-0.15, -0.1) is 0 Å². The molecule has 0 saturated heterocycles. The van der Waals surface area contributed by atoms with Crippen molar-refractivity contribution in [1.82, 2.24) is 4.98 Å². The van der Waals surface area contributed by atoms with Gasteiger partial charge >= 0.3 is 0 Å². The molecule has 0 amide bonds. The van der Waals surface area contributed by atoms with Crippen LogP contribution in [0.3, 0.4) is 0 Å². The number of hydrogen-bond acceptors (Lipinski definition) is 4. The van der Waals surface area contributed by atoms with E-state index in [1.807, 2.05) is 12.3 Å². The van der Waals surface area contributed by atoms with E-state index < -0.39 is 0 Å². The molecule has 4 nitrogen and oxygen atoms in total. The highest BCUT2D eigenvalue weighted by Crippen LogP contribution is 2.43. The third-order valence-electron chi connectivity index (χ3n) is 4.01. The lowest BCUT2D eigenvalue weighted by Gasteiger charge is -2.05. The van der Waals surface area contributed by atoms with Crippen molar-refractivity contribution in [2.45, 2.75) is 50.4 Å². The topological polar surface area (TPSA) is 66.9 Å². The number of ketones is 1. The van der Waals surface area contributed by atoms with Gasteiger partial charge in [0.1, 0.15) is 11.5 Å². The molecule has 1 heterocycles. The number of carbonyl (C=O) groups is 1. The highest BCUT2D eigenvalue weighted by Gasteiger charge is 2.34. The molecule has 2 saturated carbocycles. The predicted molar refractivity (Wildman–Crippen MR) is 63.8 cm³/mol. The molecule has 0 radical (unpaired) electrons. The van der Waals surface area contributed by atoms with E-state index in [1.165, 1.54) is 12.8 Å². The van der Waals surface area contributed by atoms with Crippen molar-refractivity contribution < 1.29 is 9.21 Å². The molecular formula is C14H16N2O2. The number of aromatic nitrogens is 1. The van der Waals surface area contributed by atoms with Crippen LogP contribution in [-0.2, 0) is 4.79 Å². The minimum atomic E-state index is 0.0333. The van der Waals surface area contributed by atoms with Crippen LogP contribution in [-0.4, -0.2) is 10.8 Å². The van der Waals surface area contributed by atoms with Crippen molar-refractivity contribution >= 4 is 5.78 Å². The van der Waals surface area contributed by atoms with Gasteiger partial charge in [0.2, 0.25) is 0 Å². The Bertz CT molecular complexity index is 496. The van der Waals surface area contributed by atoms with E-state index in [0.717, 1.165) is 30.9 Å². The summed E-state index contributed by atoms with van der Waals surface area (Å²) in [4.78, 5) is 16.0. The molecule has 94 valence electrons. The molecule has 0 bridgehead atoms.